The predicted octanol–water partition coefficient (Wildman–Crippen LogP) is 6.78. The molecule has 1 aliphatic carbocycles. The Morgan fingerprint density at radius 2 is 1.47 bits per heavy atom. The molecule has 6 rings (SSSR count). The minimum Gasteiger partial charge on any atom is -0.454 e. The van der Waals surface area contributed by atoms with E-state index in [9.17, 15) is 9.59 Å². The lowest BCUT2D eigenvalue weighted by molar-refractivity contribution is -0.123. The maximum atomic E-state index is 14.2. The molecule has 2 aliphatic rings. The van der Waals surface area contributed by atoms with E-state index >= 15 is 0 Å². The SMILES string of the molecule is O=C(NC1CCCCC1)C(c1ccccc1)N1C(=O)c2ccccc2Oc2cc3ccccc3cc21. The Hall–Kier alpha value is -4.12. The summed E-state index contributed by atoms with van der Waals surface area (Å²) in [5.41, 5.74) is 1.78. The van der Waals surface area contributed by atoms with Crippen LogP contribution in [0, 0.1) is 0 Å². The van der Waals surface area contributed by atoms with Crippen LogP contribution in [0.5, 0.6) is 11.5 Å². The number of carbonyl (C=O) groups is 2. The lowest BCUT2D eigenvalue weighted by atomic mass is 9.94. The Kier molecular flexibility index (Phi) is 5.90. The molecule has 1 aliphatic heterocycles. The second-order valence-corrected chi connectivity index (χ2v) is 9.60. The Bertz CT molecular complexity index is 1430. The van der Waals surface area contributed by atoms with Gasteiger partial charge in [0.25, 0.3) is 5.91 Å². The Morgan fingerprint density at radius 1 is 0.806 bits per heavy atom. The van der Waals surface area contributed by atoms with Gasteiger partial charge in [0.2, 0.25) is 5.91 Å². The monoisotopic (exact) mass is 476 g/mol. The third kappa shape index (κ3) is 4.11. The number of hydrogen-bond acceptors (Lipinski definition) is 3. The molecular weight excluding hydrogens is 448 g/mol. The smallest absolute Gasteiger partial charge is 0.263 e. The number of rotatable bonds is 4. The van der Waals surface area contributed by atoms with Crippen LogP contribution in [-0.4, -0.2) is 17.9 Å². The molecule has 180 valence electrons. The summed E-state index contributed by atoms with van der Waals surface area (Å²) in [5.74, 6) is 0.617. The van der Waals surface area contributed by atoms with Crippen LogP contribution in [0.15, 0.2) is 91.0 Å². The van der Waals surface area contributed by atoms with Crippen molar-refractivity contribution >= 4 is 28.3 Å². The van der Waals surface area contributed by atoms with Crippen molar-refractivity contribution < 1.29 is 14.3 Å². The third-order valence-corrected chi connectivity index (χ3v) is 7.22. The first kappa shape index (κ1) is 22.4. The molecule has 1 fully saturated rings. The van der Waals surface area contributed by atoms with Gasteiger partial charge in [0, 0.05) is 6.04 Å². The largest absolute Gasteiger partial charge is 0.454 e. The van der Waals surface area contributed by atoms with Gasteiger partial charge in [-0.2, -0.15) is 0 Å². The summed E-state index contributed by atoms with van der Waals surface area (Å²) in [4.78, 5) is 29.8. The van der Waals surface area contributed by atoms with E-state index in [1.807, 2.05) is 78.9 Å². The molecule has 4 aromatic rings. The molecule has 1 N–H and O–H groups in total. The average Bonchev–Trinajstić information content (AvgIpc) is 3.03. The number of benzene rings is 4. The van der Waals surface area contributed by atoms with Gasteiger partial charge >= 0.3 is 0 Å². The van der Waals surface area contributed by atoms with E-state index in [1.54, 1.807) is 17.0 Å². The summed E-state index contributed by atoms with van der Waals surface area (Å²) < 4.78 is 6.33. The Balaban J connectivity index is 1.54. The zero-order valence-electron chi connectivity index (χ0n) is 20.0. The fourth-order valence-electron chi connectivity index (χ4n) is 5.40. The van der Waals surface area contributed by atoms with Crippen molar-refractivity contribution in [3.63, 3.8) is 0 Å². The van der Waals surface area contributed by atoms with Gasteiger partial charge < -0.3 is 10.1 Å². The minimum absolute atomic E-state index is 0.124. The van der Waals surface area contributed by atoms with Crippen molar-refractivity contribution in [2.45, 2.75) is 44.2 Å². The molecule has 36 heavy (non-hydrogen) atoms. The van der Waals surface area contributed by atoms with Gasteiger partial charge in [-0.3, -0.25) is 14.5 Å². The minimum atomic E-state index is -0.838. The number of nitrogens with zero attached hydrogens (tertiary/aromatic N) is 1. The first-order chi connectivity index (χ1) is 17.7. The normalized spacial score (nSPS) is 16.4. The number of carbonyl (C=O) groups excluding carboxylic acids is 2. The van der Waals surface area contributed by atoms with Crippen LogP contribution in [0.2, 0.25) is 0 Å². The molecule has 0 bridgehead atoms. The molecule has 0 spiro atoms. The number of nitrogens with one attached hydrogen (secondary N) is 1. The molecule has 2 amide bonds. The van der Waals surface area contributed by atoms with E-state index in [1.165, 1.54) is 6.42 Å². The quantitative estimate of drug-likeness (QED) is 0.353. The molecule has 1 unspecified atom stereocenters. The summed E-state index contributed by atoms with van der Waals surface area (Å²) >= 11 is 0. The van der Waals surface area contributed by atoms with Gasteiger partial charge in [0.05, 0.1) is 11.3 Å². The van der Waals surface area contributed by atoms with Crippen molar-refractivity contribution in [2.24, 2.45) is 0 Å². The van der Waals surface area contributed by atoms with E-state index in [4.69, 9.17) is 4.74 Å². The van der Waals surface area contributed by atoms with Crippen LogP contribution in [-0.2, 0) is 4.79 Å². The Morgan fingerprint density at radius 3 is 2.25 bits per heavy atom. The zero-order valence-corrected chi connectivity index (χ0v) is 20.0. The molecule has 1 atom stereocenters. The maximum absolute atomic E-state index is 14.2. The number of hydrogen-bond donors (Lipinski definition) is 1. The standard InChI is InChI=1S/C31H28N2O3/c34-30(32-24-15-5-2-6-16-24)29(21-11-3-1-4-12-21)33-26-19-22-13-7-8-14-23(22)20-28(26)36-27-18-10-9-17-25(27)31(33)35/h1,3-4,7-14,17-20,24,29H,2,5-6,15-16H2,(H,32,34). The molecular formula is C31H28N2O3. The van der Waals surface area contributed by atoms with Gasteiger partial charge in [0.1, 0.15) is 11.8 Å². The van der Waals surface area contributed by atoms with Gasteiger partial charge in [-0.15, -0.1) is 0 Å². The van der Waals surface area contributed by atoms with E-state index in [0.29, 0.717) is 22.7 Å². The summed E-state index contributed by atoms with van der Waals surface area (Å²) in [7, 11) is 0. The molecule has 1 saturated carbocycles. The predicted molar refractivity (Wildman–Crippen MR) is 141 cm³/mol. The topological polar surface area (TPSA) is 58.6 Å². The van der Waals surface area contributed by atoms with Gasteiger partial charge in [-0.25, -0.2) is 0 Å². The average molecular weight is 477 g/mol. The van der Waals surface area contributed by atoms with Crippen molar-refractivity contribution in [3.8, 4) is 11.5 Å². The lowest BCUT2D eigenvalue weighted by Gasteiger charge is -2.33. The molecule has 5 heteroatoms. The summed E-state index contributed by atoms with van der Waals surface area (Å²) in [6.45, 7) is 0. The summed E-state index contributed by atoms with van der Waals surface area (Å²) in [6.07, 6.45) is 5.36. The van der Waals surface area contributed by atoms with Crippen molar-refractivity contribution in [2.75, 3.05) is 4.90 Å². The molecule has 1 heterocycles. The van der Waals surface area contributed by atoms with Crippen LogP contribution in [0.25, 0.3) is 10.8 Å². The van der Waals surface area contributed by atoms with E-state index < -0.39 is 6.04 Å². The number of ether oxygens (including phenoxy) is 1. The fraction of sp³-hybridized carbons (Fsp3) is 0.226. The lowest BCUT2D eigenvalue weighted by Crippen LogP contribution is -2.47. The molecule has 0 saturated heterocycles. The zero-order chi connectivity index (χ0) is 24.5. The van der Waals surface area contributed by atoms with Crippen LogP contribution < -0.4 is 15.0 Å². The number of fused-ring (bicyclic) bond motifs is 3. The highest BCUT2D eigenvalue weighted by Crippen LogP contribution is 2.44. The summed E-state index contributed by atoms with van der Waals surface area (Å²) in [6, 6.07) is 28.0. The maximum Gasteiger partial charge on any atom is 0.263 e. The van der Waals surface area contributed by atoms with Crippen molar-refractivity contribution in [1.29, 1.82) is 0 Å². The first-order valence-corrected chi connectivity index (χ1v) is 12.7. The number of para-hydroxylation sites is 1. The van der Waals surface area contributed by atoms with Crippen LogP contribution >= 0.6 is 0 Å². The molecule has 4 aromatic carbocycles. The Labute approximate surface area is 210 Å². The first-order valence-electron chi connectivity index (χ1n) is 12.7. The molecule has 5 nitrogen and oxygen atoms in total. The molecule has 0 radical (unpaired) electrons. The van der Waals surface area contributed by atoms with Crippen molar-refractivity contribution in [1.82, 2.24) is 5.32 Å². The van der Waals surface area contributed by atoms with E-state index in [2.05, 4.69) is 5.32 Å². The number of anilines is 1. The van der Waals surface area contributed by atoms with Gasteiger partial charge in [-0.05, 0) is 53.4 Å². The van der Waals surface area contributed by atoms with Gasteiger partial charge in [0.15, 0.2) is 5.75 Å². The second-order valence-electron chi connectivity index (χ2n) is 9.60. The van der Waals surface area contributed by atoms with Crippen LogP contribution in [0.3, 0.4) is 0 Å². The highest BCUT2D eigenvalue weighted by molar-refractivity contribution is 6.14. The van der Waals surface area contributed by atoms with Gasteiger partial charge in [-0.1, -0.05) is 86.0 Å². The van der Waals surface area contributed by atoms with Crippen molar-refractivity contribution in [3.05, 3.63) is 102 Å². The highest BCUT2D eigenvalue weighted by atomic mass is 16.5. The number of amides is 2. The second kappa shape index (κ2) is 9.50. The highest BCUT2D eigenvalue weighted by Gasteiger charge is 2.38. The van der Waals surface area contributed by atoms with Crippen LogP contribution in [0.4, 0.5) is 5.69 Å². The third-order valence-electron chi connectivity index (χ3n) is 7.22. The van der Waals surface area contributed by atoms with E-state index in [-0.39, 0.29) is 17.9 Å². The fourth-order valence-corrected chi connectivity index (χ4v) is 5.40. The molecule has 0 aromatic heterocycles. The summed E-state index contributed by atoms with van der Waals surface area (Å²) in [5, 5.41) is 5.25. The van der Waals surface area contributed by atoms with Crippen LogP contribution in [0.1, 0.15) is 54.1 Å². The van der Waals surface area contributed by atoms with E-state index in [0.717, 1.165) is 42.0 Å².